The Kier molecular flexibility index (Phi) is 3.56. The molecule has 0 amide bonds. The molecular formula is C14H17N3O3S. The lowest BCUT2D eigenvalue weighted by Crippen LogP contribution is -2.32. The summed E-state index contributed by atoms with van der Waals surface area (Å²) in [6, 6.07) is 8.29. The average Bonchev–Trinajstić information content (AvgIpc) is 3.10. The number of nitrogens with zero attached hydrogens (tertiary/aromatic N) is 2. The molecule has 0 bridgehead atoms. The summed E-state index contributed by atoms with van der Waals surface area (Å²) in [7, 11) is -3.60. The molecule has 1 aromatic heterocycles. The largest absolute Gasteiger partial charge is 0.356 e. The molecule has 2 atom stereocenters. The van der Waals surface area contributed by atoms with E-state index in [0.717, 1.165) is 0 Å². The molecule has 21 heavy (non-hydrogen) atoms. The monoisotopic (exact) mass is 307 g/mol. The lowest BCUT2D eigenvalue weighted by Gasteiger charge is -2.17. The van der Waals surface area contributed by atoms with Crippen LogP contribution in [0.4, 0.5) is 0 Å². The third-order valence-corrected chi connectivity index (χ3v) is 5.73. The van der Waals surface area contributed by atoms with E-state index in [1.807, 2.05) is 6.92 Å². The van der Waals surface area contributed by atoms with E-state index in [9.17, 15) is 8.42 Å². The van der Waals surface area contributed by atoms with Gasteiger partial charge >= 0.3 is 0 Å². The summed E-state index contributed by atoms with van der Waals surface area (Å²) in [6.45, 7) is 2.74. The van der Waals surface area contributed by atoms with Crippen molar-refractivity contribution in [3.05, 3.63) is 36.5 Å². The van der Waals surface area contributed by atoms with Gasteiger partial charge in [-0.2, -0.15) is 4.31 Å². The second-order valence-electron chi connectivity index (χ2n) is 5.34. The van der Waals surface area contributed by atoms with Crippen molar-refractivity contribution >= 4 is 10.0 Å². The summed E-state index contributed by atoms with van der Waals surface area (Å²) in [4.78, 5) is 0.225. The predicted molar refractivity (Wildman–Crippen MR) is 77.8 cm³/mol. The van der Waals surface area contributed by atoms with Crippen LogP contribution < -0.4 is 5.73 Å². The van der Waals surface area contributed by atoms with Crippen LogP contribution in [0, 0.1) is 5.92 Å². The number of rotatable bonds is 3. The van der Waals surface area contributed by atoms with Gasteiger partial charge in [0.05, 0.1) is 11.1 Å². The Morgan fingerprint density at radius 3 is 2.67 bits per heavy atom. The number of hydrogen-bond donors (Lipinski definition) is 1. The Labute approximate surface area is 123 Å². The first-order valence-corrected chi connectivity index (χ1v) is 8.20. The van der Waals surface area contributed by atoms with Gasteiger partial charge in [0, 0.05) is 30.8 Å². The Morgan fingerprint density at radius 1 is 1.29 bits per heavy atom. The standard InChI is InChI=1S/C14H17N3O3S/c1-10-8-17(9-12(10)15)21(18,19)14-5-3-2-4-11(14)13-6-7-16-20-13/h2-7,10,12H,8-9,15H2,1H3. The highest BCUT2D eigenvalue weighted by Crippen LogP contribution is 2.31. The second kappa shape index (κ2) is 5.25. The molecule has 112 valence electrons. The zero-order chi connectivity index (χ0) is 15.0. The molecule has 3 rings (SSSR count). The summed E-state index contributed by atoms with van der Waals surface area (Å²) in [6.07, 6.45) is 1.49. The third kappa shape index (κ3) is 2.48. The van der Waals surface area contributed by atoms with Gasteiger partial charge in [0.1, 0.15) is 0 Å². The van der Waals surface area contributed by atoms with Gasteiger partial charge in [0.15, 0.2) is 5.76 Å². The molecule has 2 heterocycles. The quantitative estimate of drug-likeness (QED) is 0.923. The molecule has 1 fully saturated rings. The van der Waals surface area contributed by atoms with Crippen LogP contribution in [0.15, 0.2) is 45.9 Å². The van der Waals surface area contributed by atoms with Crippen molar-refractivity contribution in [3.8, 4) is 11.3 Å². The minimum atomic E-state index is -3.60. The highest BCUT2D eigenvalue weighted by atomic mass is 32.2. The zero-order valence-corrected chi connectivity index (χ0v) is 12.5. The highest BCUT2D eigenvalue weighted by molar-refractivity contribution is 7.89. The van der Waals surface area contributed by atoms with Crippen LogP contribution in [0.1, 0.15) is 6.92 Å². The van der Waals surface area contributed by atoms with Crippen LogP contribution in [0.2, 0.25) is 0 Å². The zero-order valence-electron chi connectivity index (χ0n) is 11.6. The molecule has 2 aromatic rings. The Balaban J connectivity index is 2.05. The number of sulfonamides is 1. The molecular weight excluding hydrogens is 290 g/mol. The van der Waals surface area contributed by atoms with Gasteiger partial charge in [0.2, 0.25) is 10.0 Å². The maximum absolute atomic E-state index is 12.8. The lowest BCUT2D eigenvalue weighted by atomic mass is 10.1. The van der Waals surface area contributed by atoms with Crippen molar-refractivity contribution in [1.82, 2.24) is 9.46 Å². The smallest absolute Gasteiger partial charge is 0.243 e. The molecule has 1 aliphatic heterocycles. The van der Waals surface area contributed by atoms with Crippen LogP contribution in [0.5, 0.6) is 0 Å². The fraction of sp³-hybridized carbons (Fsp3) is 0.357. The Bertz CT molecular complexity index is 718. The summed E-state index contributed by atoms with van der Waals surface area (Å²) in [5, 5.41) is 3.64. The Hall–Kier alpha value is -1.70. The molecule has 6 nitrogen and oxygen atoms in total. The van der Waals surface area contributed by atoms with E-state index in [-0.39, 0.29) is 16.9 Å². The maximum Gasteiger partial charge on any atom is 0.243 e. The first kappa shape index (κ1) is 14.2. The minimum Gasteiger partial charge on any atom is -0.356 e. The average molecular weight is 307 g/mol. The number of nitrogens with two attached hydrogens (primary N) is 1. The van der Waals surface area contributed by atoms with Crippen molar-refractivity contribution in [3.63, 3.8) is 0 Å². The van der Waals surface area contributed by atoms with Crippen molar-refractivity contribution < 1.29 is 12.9 Å². The van der Waals surface area contributed by atoms with Crippen LogP contribution in [-0.4, -0.2) is 37.0 Å². The molecule has 0 aliphatic carbocycles. The van der Waals surface area contributed by atoms with Crippen molar-refractivity contribution in [1.29, 1.82) is 0 Å². The molecule has 0 saturated carbocycles. The molecule has 0 spiro atoms. The van der Waals surface area contributed by atoms with E-state index in [0.29, 0.717) is 24.4 Å². The third-order valence-electron chi connectivity index (χ3n) is 3.85. The second-order valence-corrected chi connectivity index (χ2v) is 7.24. The van der Waals surface area contributed by atoms with Crippen LogP contribution in [0.25, 0.3) is 11.3 Å². The molecule has 1 aromatic carbocycles. The van der Waals surface area contributed by atoms with Gasteiger partial charge < -0.3 is 10.3 Å². The molecule has 1 saturated heterocycles. The van der Waals surface area contributed by atoms with Gasteiger partial charge in [-0.3, -0.25) is 0 Å². The maximum atomic E-state index is 12.8. The molecule has 7 heteroatoms. The van der Waals surface area contributed by atoms with Crippen molar-refractivity contribution in [2.24, 2.45) is 11.7 Å². The molecule has 1 aliphatic rings. The number of hydrogen-bond acceptors (Lipinski definition) is 5. The van der Waals surface area contributed by atoms with Gasteiger partial charge in [-0.1, -0.05) is 24.2 Å². The first-order chi connectivity index (χ1) is 10.00. The van der Waals surface area contributed by atoms with E-state index in [2.05, 4.69) is 5.16 Å². The lowest BCUT2D eigenvalue weighted by molar-refractivity contribution is 0.430. The van der Waals surface area contributed by atoms with Crippen LogP contribution >= 0.6 is 0 Å². The molecule has 0 radical (unpaired) electrons. The van der Waals surface area contributed by atoms with E-state index in [4.69, 9.17) is 10.3 Å². The normalized spacial score (nSPS) is 23.5. The van der Waals surface area contributed by atoms with E-state index < -0.39 is 10.0 Å². The van der Waals surface area contributed by atoms with Crippen molar-refractivity contribution in [2.45, 2.75) is 17.9 Å². The highest BCUT2D eigenvalue weighted by Gasteiger charge is 2.36. The first-order valence-electron chi connectivity index (χ1n) is 6.76. The van der Waals surface area contributed by atoms with E-state index in [1.165, 1.54) is 10.5 Å². The van der Waals surface area contributed by atoms with E-state index >= 15 is 0 Å². The number of aromatic nitrogens is 1. The summed E-state index contributed by atoms with van der Waals surface area (Å²) >= 11 is 0. The summed E-state index contributed by atoms with van der Waals surface area (Å²) in [5.74, 6) is 0.586. The van der Waals surface area contributed by atoms with Gasteiger partial charge in [-0.05, 0) is 18.1 Å². The van der Waals surface area contributed by atoms with Gasteiger partial charge in [-0.15, -0.1) is 0 Å². The molecule has 2 N–H and O–H groups in total. The minimum absolute atomic E-state index is 0.128. The van der Waals surface area contributed by atoms with Gasteiger partial charge in [-0.25, -0.2) is 8.42 Å². The van der Waals surface area contributed by atoms with Crippen LogP contribution in [-0.2, 0) is 10.0 Å². The van der Waals surface area contributed by atoms with Gasteiger partial charge in [0.25, 0.3) is 0 Å². The predicted octanol–water partition coefficient (Wildman–Crippen LogP) is 1.31. The summed E-state index contributed by atoms with van der Waals surface area (Å²) in [5.41, 5.74) is 6.46. The fourth-order valence-corrected chi connectivity index (χ4v) is 4.31. The SMILES string of the molecule is CC1CN(S(=O)(=O)c2ccccc2-c2ccno2)CC1N. The fourth-order valence-electron chi connectivity index (χ4n) is 2.53. The summed E-state index contributed by atoms with van der Waals surface area (Å²) < 4.78 is 32.2. The number of benzene rings is 1. The van der Waals surface area contributed by atoms with Crippen LogP contribution in [0.3, 0.4) is 0 Å². The van der Waals surface area contributed by atoms with Crippen molar-refractivity contribution in [2.75, 3.05) is 13.1 Å². The van der Waals surface area contributed by atoms with E-state index in [1.54, 1.807) is 30.3 Å². The molecule has 2 unspecified atom stereocenters. The topological polar surface area (TPSA) is 89.4 Å². The Morgan fingerprint density at radius 2 is 2.05 bits per heavy atom.